The molecule has 3 rings (SSSR count). The highest BCUT2D eigenvalue weighted by Crippen LogP contribution is 2.38. The van der Waals surface area contributed by atoms with Crippen LogP contribution < -0.4 is 10.6 Å². The highest BCUT2D eigenvalue weighted by atomic mass is 79.9. The fourth-order valence-electron chi connectivity index (χ4n) is 3.54. The van der Waals surface area contributed by atoms with Gasteiger partial charge in [0.1, 0.15) is 5.69 Å². The maximum absolute atomic E-state index is 13.5. The Labute approximate surface area is 228 Å². The van der Waals surface area contributed by atoms with E-state index in [-0.39, 0.29) is 51.8 Å². The number of hydrogen-bond donors (Lipinski definition) is 2. The van der Waals surface area contributed by atoms with E-state index < -0.39 is 58.5 Å². The van der Waals surface area contributed by atoms with Crippen molar-refractivity contribution in [2.45, 2.75) is 45.3 Å². The molecule has 0 unspecified atom stereocenters. The van der Waals surface area contributed by atoms with Crippen molar-refractivity contribution in [3.8, 4) is 5.69 Å². The van der Waals surface area contributed by atoms with Gasteiger partial charge in [0.15, 0.2) is 5.69 Å². The normalized spacial score (nSPS) is 12.6. The quantitative estimate of drug-likeness (QED) is 0.285. The number of aromatic nitrogens is 2. The second kappa shape index (κ2) is 10.8. The third-order valence-corrected chi connectivity index (χ3v) is 5.71. The molecule has 3 aromatic rings. The minimum atomic E-state index is -5.31. The monoisotopic (exact) mass is 644 g/mol. The van der Waals surface area contributed by atoms with Gasteiger partial charge in [-0.05, 0) is 56.7 Å². The highest BCUT2D eigenvalue weighted by Gasteiger charge is 2.39. The number of rotatable bonds is 5. The number of alkyl halides is 9. The molecule has 0 bridgehead atoms. The Hall–Kier alpha value is -3.56. The summed E-state index contributed by atoms with van der Waals surface area (Å²) in [5.41, 5.74) is -7.58. The molecular formula is C24H18BrF9N4O2. The zero-order valence-electron chi connectivity index (χ0n) is 20.5. The van der Waals surface area contributed by atoms with Crippen LogP contribution in [0.1, 0.15) is 57.1 Å². The summed E-state index contributed by atoms with van der Waals surface area (Å²) in [4.78, 5) is 25.9. The molecule has 2 N–H and O–H groups in total. The molecule has 0 spiro atoms. The Bertz CT molecular complexity index is 1430. The molecule has 0 aliphatic heterocycles. The Morgan fingerprint density at radius 2 is 1.38 bits per heavy atom. The van der Waals surface area contributed by atoms with Crippen LogP contribution in [-0.2, 0) is 18.5 Å². The summed E-state index contributed by atoms with van der Waals surface area (Å²) in [6, 6.07) is 2.63. The number of carbonyl (C=O) groups excluding carboxylic acids is 2. The molecule has 1 heterocycles. The first-order valence-corrected chi connectivity index (χ1v) is 11.9. The van der Waals surface area contributed by atoms with Crippen molar-refractivity contribution in [1.29, 1.82) is 0 Å². The van der Waals surface area contributed by atoms with Gasteiger partial charge >= 0.3 is 18.5 Å². The van der Waals surface area contributed by atoms with E-state index in [1.165, 1.54) is 19.1 Å². The molecule has 0 saturated carbocycles. The van der Waals surface area contributed by atoms with Crippen LogP contribution in [0.5, 0.6) is 0 Å². The van der Waals surface area contributed by atoms with Crippen molar-refractivity contribution in [2.24, 2.45) is 0 Å². The van der Waals surface area contributed by atoms with Crippen LogP contribution in [0.15, 0.2) is 40.9 Å². The van der Waals surface area contributed by atoms with E-state index in [4.69, 9.17) is 0 Å². The lowest BCUT2D eigenvalue weighted by molar-refractivity contribution is -0.143. The highest BCUT2D eigenvalue weighted by molar-refractivity contribution is 9.10. The van der Waals surface area contributed by atoms with Crippen molar-refractivity contribution in [3.63, 3.8) is 0 Å². The molecule has 0 radical (unpaired) electrons. The number of nitrogens with one attached hydrogen (secondary N) is 2. The van der Waals surface area contributed by atoms with Crippen molar-refractivity contribution < 1.29 is 49.1 Å². The Morgan fingerprint density at radius 3 is 1.85 bits per heavy atom. The number of halogens is 10. The molecule has 0 atom stereocenters. The Morgan fingerprint density at radius 1 is 0.825 bits per heavy atom. The first-order valence-electron chi connectivity index (χ1n) is 11.1. The van der Waals surface area contributed by atoms with E-state index >= 15 is 0 Å². The van der Waals surface area contributed by atoms with E-state index in [1.807, 2.05) is 0 Å². The van der Waals surface area contributed by atoms with E-state index in [2.05, 4.69) is 31.7 Å². The molecule has 216 valence electrons. The zero-order chi connectivity index (χ0) is 30.4. The zero-order valence-corrected chi connectivity index (χ0v) is 22.1. The van der Waals surface area contributed by atoms with Gasteiger partial charge in [-0.3, -0.25) is 9.59 Å². The summed E-state index contributed by atoms with van der Waals surface area (Å²) in [5.74, 6) is -2.06. The topological polar surface area (TPSA) is 76.0 Å². The van der Waals surface area contributed by atoms with Crippen molar-refractivity contribution >= 4 is 33.4 Å². The van der Waals surface area contributed by atoms with E-state index in [0.29, 0.717) is 4.47 Å². The molecular weight excluding hydrogens is 627 g/mol. The van der Waals surface area contributed by atoms with Crippen LogP contribution in [-0.4, -0.2) is 27.6 Å². The summed E-state index contributed by atoms with van der Waals surface area (Å²) < 4.78 is 121. The third-order valence-electron chi connectivity index (χ3n) is 5.25. The number of aryl methyl sites for hydroxylation is 1. The average Bonchev–Trinajstić information content (AvgIpc) is 3.25. The third kappa shape index (κ3) is 6.95. The van der Waals surface area contributed by atoms with Crippen LogP contribution in [0, 0.1) is 6.92 Å². The van der Waals surface area contributed by atoms with Crippen molar-refractivity contribution in [3.05, 3.63) is 74.5 Å². The lowest BCUT2D eigenvalue weighted by Crippen LogP contribution is -2.31. The maximum atomic E-state index is 13.5. The summed E-state index contributed by atoms with van der Waals surface area (Å²) in [6.45, 7) is 4.73. The van der Waals surface area contributed by atoms with Gasteiger partial charge < -0.3 is 10.6 Å². The number of carbonyl (C=O) groups is 2. The second-order valence-electron chi connectivity index (χ2n) is 8.82. The number of nitrogens with zero attached hydrogens (tertiary/aromatic N) is 2. The predicted octanol–water partition coefficient (Wildman–Crippen LogP) is 7.39. The summed E-state index contributed by atoms with van der Waals surface area (Å²) in [6.07, 6.45) is -15.8. The molecule has 6 nitrogen and oxygen atoms in total. The molecule has 2 amide bonds. The van der Waals surface area contributed by atoms with Gasteiger partial charge in [0, 0.05) is 16.6 Å². The van der Waals surface area contributed by atoms with Crippen molar-refractivity contribution in [1.82, 2.24) is 15.1 Å². The summed E-state index contributed by atoms with van der Waals surface area (Å²) in [5, 5.41) is 7.93. The van der Waals surface area contributed by atoms with Gasteiger partial charge in [-0.1, -0.05) is 15.9 Å². The number of amides is 2. The molecule has 0 aliphatic carbocycles. The fourth-order valence-corrected chi connectivity index (χ4v) is 4.12. The van der Waals surface area contributed by atoms with Crippen LogP contribution in [0.4, 0.5) is 45.2 Å². The van der Waals surface area contributed by atoms with Crippen molar-refractivity contribution in [2.75, 3.05) is 5.32 Å². The number of anilines is 1. The van der Waals surface area contributed by atoms with Crippen LogP contribution in [0.2, 0.25) is 0 Å². The van der Waals surface area contributed by atoms with Gasteiger partial charge in [0.05, 0.1) is 28.1 Å². The van der Waals surface area contributed by atoms with Gasteiger partial charge in [0.2, 0.25) is 0 Å². The second-order valence-corrected chi connectivity index (χ2v) is 9.73. The maximum Gasteiger partial charge on any atom is 0.435 e. The van der Waals surface area contributed by atoms with E-state index in [9.17, 15) is 49.1 Å². The van der Waals surface area contributed by atoms with Gasteiger partial charge in [-0.25, -0.2) is 4.68 Å². The Kier molecular flexibility index (Phi) is 8.35. The smallest absolute Gasteiger partial charge is 0.350 e. The van der Waals surface area contributed by atoms with Gasteiger partial charge in [-0.15, -0.1) is 0 Å². The standard InChI is InChI=1S/C24H18BrF9N4O2/c1-10(2)35-20(39)16-8-14(25)4-11(3)19(16)36-21(40)17-9-18(24(32,33)34)37-38(17)15-6-12(22(26,27)28)5-13(7-15)23(29,30)31/h4-10H,1-3H3,(H,35,39)(H,36,40). The lowest BCUT2D eigenvalue weighted by atomic mass is 10.1. The SMILES string of the molecule is Cc1cc(Br)cc(C(=O)NC(C)C)c1NC(=O)c1cc(C(F)(F)F)nn1-c1cc(C(F)(F)F)cc(C(F)(F)F)c1. The molecule has 0 saturated heterocycles. The molecule has 16 heteroatoms. The Balaban J connectivity index is 2.22. The summed E-state index contributed by atoms with van der Waals surface area (Å²) in [7, 11) is 0. The lowest BCUT2D eigenvalue weighted by Gasteiger charge is -2.17. The molecule has 0 aliphatic rings. The first kappa shape index (κ1) is 31.0. The minimum Gasteiger partial charge on any atom is -0.350 e. The average molecular weight is 645 g/mol. The fraction of sp³-hybridized carbons (Fsp3) is 0.292. The van der Waals surface area contributed by atoms with Crippen LogP contribution in [0.25, 0.3) is 5.69 Å². The molecule has 2 aromatic carbocycles. The van der Waals surface area contributed by atoms with Crippen LogP contribution >= 0.6 is 15.9 Å². The van der Waals surface area contributed by atoms with Gasteiger partial charge in [0.25, 0.3) is 11.8 Å². The minimum absolute atomic E-state index is 0.0324. The summed E-state index contributed by atoms with van der Waals surface area (Å²) >= 11 is 3.19. The molecule has 1 aromatic heterocycles. The van der Waals surface area contributed by atoms with E-state index in [0.717, 1.165) is 0 Å². The number of benzene rings is 2. The first-order chi connectivity index (χ1) is 18.2. The number of hydrogen-bond acceptors (Lipinski definition) is 3. The predicted molar refractivity (Wildman–Crippen MR) is 128 cm³/mol. The molecule has 40 heavy (non-hydrogen) atoms. The van der Waals surface area contributed by atoms with Crippen LogP contribution in [0.3, 0.4) is 0 Å². The van der Waals surface area contributed by atoms with Gasteiger partial charge in [-0.2, -0.15) is 44.6 Å². The molecule has 0 fully saturated rings. The largest absolute Gasteiger partial charge is 0.435 e. The van der Waals surface area contributed by atoms with E-state index in [1.54, 1.807) is 13.8 Å².